The highest BCUT2D eigenvalue weighted by atomic mass is 16.5. The normalized spacial score (nSPS) is 22.6. The van der Waals surface area contributed by atoms with E-state index in [0.29, 0.717) is 31.3 Å². The van der Waals surface area contributed by atoms with E-state index in [2.05, 4.69) is 9.97 Å². The van der Waals surface area contributed by atoms with Crippen molar-refractivity contribution in [2.45, 2.75) is 33.2 Å². The van der Waals surface area contributed by atoms with E-state index in [1.165, 1.54) is 0 Å². The van der Waals surface area contributed by atoms with Gasteiger partial charge in [-0.1, -0.05) is 0 Å². The minimum absolute atomic E-state index is 0.0683. The van der Waals surface area contributed by atoms with Gasteiger partial charge in [0.2, 0.25) is 5.88 Å². The van der Waals surface area contributed by atoms with Crippen LogP contribution in [0.25, 0.3) is 0 Å². The number of anilines is 1. The maximum absolute atomic E-state index is 11.1. The topological polar surface area (TPSA) is 75.5 Å². The quantitative estimate of drug-likeness (QED) is 0.888. The second-order valence-corrected chi connectivity index (χ2v) is 4.71. The van der Waals surface area contributed by atoms with Crippen molar-refractivity contribution in [2.24, 2.45) is 5.92 Å². The Balaban J connectivity index is 2.25. The first kappa shape index (κ1) is 13.6. The van der Waals surface area contributed by atoms with Crippen LogP contribution in [-0.2, 0) is 4.79 Å². The van der Waals surface area contributed by atoms with Crippen molar-refractivity contribution in [3.8, 4) is 5.88 Å². The summed E-state index contributed by atoms with van der Waals surface area (Å²) in [5.41, 5.74) is 0. The van der Waals surface area contributed by atoms with Crippen LogP contribution < -0.4 is 9.64 Å². The van der Waals surface area contributed by atoms with Crippen LogP contribution in [0.2, 0.25) is 0 Å². The summed E-state index contributed by atoms with van der Waals surface area (Å²) >= 11 is 0. The van der Waals surface area contributed by atoms with Gasteiger partial charge in [0, 0.05) is 18.7 Å². The van der Waals surface area contributed by atoms with Gasteiger partial charge in [-0.25, -0.2) is 4.98 Å². The highest BCUT2D eigenvalue weighted by Crippen LogP contribution is 2.30. The molecule has 1 aromatic heterocycles. The van der Waals surface area contributed by atoms with E-state index in [-0.39, 0.29) is 12.0 Å². The molecule has 0 aromatic carbocycles. The number of aromatic nitrogens is 2. The molecule has 2 unspecified atom stereocenters. The van der Waals surface area contributed by atoms with E-state index >= 15 is 0 Å². The molecule has 1 aliphatic heterocycles. The molecular weight excluding hydrogens is 246 g/mol. The first-order valence-corrected chi connectivity index (χ1v) is 6.51. The Morgan fingerprint density at radius 2 is 2.32 bits per heavy atom. The Hall–Kier alpha value is -1.85. The molecule has 0 saturated carbocycles. The largest absolute Gasteiger partial charge is 0.481 e. The van der Waals surface area contributed by atoms with Gasteiger partial charge in [-0.2, -0.15) is 4.98 Å². The van der Waals surface area contributed by atoms with Crippen molar-refractivity contribution in [3.05, 3.63) is 11.9 Å². The number of rotatable bonds is 4. The van der Waals surface area contributed by atoms with Crippen molar-refractivity contribution >= 4 is 11.8 Å². The lowest BCUT2D eigenvalue weighted by molar-refractivity contribution is -0.141. The lowest BCUT2D eigenvalue weighted by Gasteiger charge is -2.24. The number of ether oxygens (including phenoxy) is 1. The monoisotopic (exact) mass is 265 g/mol. The second kappa shape index (κ2) is 5.42. The lowest BCUT2D eigenvalue weighted by atomic mass is 10.0. The molecule has 2 rings (SSSR count). The number of carbonyl (C=O) groups is 1. The molecule has 104 valence electrons. The number of carboxylic acid groups (broad SMARTS) is 1. The second-order valence-electron chi connectivity index (χ2n) is 4.71. The molecular formula is C13H19N3O3. The molecule has 1 fully saturated rings. The lowest BCUT2D eigenvalue weighted by Crippen LogP contribution is -2.33. The summed E-state index contributed by atoms with van der Waals surface area (Å²) in [6.45, 7) is 6.87. The number of nitrogens with zero attached hydrogens (tertiary/aromatic N) is 3. The van der Waals surface area contributed by atoms with Gasteiger partial charge >= 0.3 is 5.97 Å². The third-order valence-corrected chi connectivity index (χ3v) is 3.46. The van der Waals surface area contributed by atoms with Gasteiger partial charge in [0.05, 0.1) is 12.5 Å². The van der Waals surface area contributed by atoms with Crippen molar-refractivity contribution in [2.75, 3.05) is 18.1 Å². The van der Waals surface area contributed by atoms with Crippen molar-refractivity contribution in [1.29, 1.82) is 0 Å². The summed E-state index contributed by atoms with van der Waals surface area (Å²) in [7, 11) is 0. The Morgan fingerprint density at radius 3 is 2.89 bits per heavy atom. The molecule has 0 amide bonds. The molecule has 19 heavy (non-hydrogen) atoms. The summed E-state index contributed by atoms with van der Waals surface area (Å²) < 4.78 is 5.40. The van der Waals surface area contributed by atoms with E-state index < -0.39 is 5.97 Å². The molecule has 1 saturated heterocycles. The fourth-order valence-electron chi connectivity index (χ4n) is 2.49. The average Bonchev–Trinajstić information content (AvgIpc) is 2.70. The molecule has 6 nitrogen and oxygen atoms in total. The summed E-state index contributed by atoms with van der Waals surface area (Å²) in [4.78, 5) is 21.7. The van der Waals surface area contributed by atoms with Crippen LogP contribution in [-0.4, -0.2) is 40.2 Å². The van der Waals surface area contributed by atoms with E-state index in [0.717, 1.165) is 5.82 Å². The molecule has 0 bridgehead atoms. The third-order valence-electron chi connectivity index (χ3n) is 3.46. The molecule has 0 radical (unpaired) electrons. The van der Waals surface area contributed by atoms with Crippen LogP contribution in [0.4, 0.5) is 5.82 Å². The van der Waals surface area contributed by atoms with Gasteiger partial charge in [-0.15, -0.1) is 0 Å². The number of aliphatic carboxylic acids is 1. The molecule has 1 aliphatic rings. The zero-order chi connectivity index (χ0) is 14.0. The predicted molar refractivity (Wildman–Crippen MR) is 70.5 cm³/mol. The van der Waals surface area contributed by atoms with Gasteiger partial charge in [-0.3, -0.25) is 4.79 Å². The zero-order valence-electron chi connectivity index (χ0n) is 11.5. The predicted octanol–water partition coefficient (Wildman–Crippen LogP) is 1.48. The maximum atomic E-state index is 11.1. The third kappa shape index (κ3) is 2.77. The number of hydrogen-bond acceptors (Lipinski definition) is 5. The van der Waals surface area contributed by atoms with E-state index in [4.69, 9.17) is 9.84 Å². The maximum Gasteiger partial charge on any atom is 0.308 e. The first-order chi connectivity index (χ1) is 9.02. The highest BCUT2D eigenvalue weighted by Gasteiger charge is 2.36. The molecule has 6 heteroatoms. The summed E-state index contributed by atoms with van der Waals surface area (Å²) in [5, 5.41) is 9.16. The van der Waals surface area contributed by atoms with E-state index in [1.807, 2.05) is 18.7 Å². The van der Waals surface area contributed by atoms with Gasteiger partial charge in [0.1, 0.15) is 11.6 Å². The summed E-state index contributed by atoms with van der Waals surface area (Å²) in [6, 6.07) is 1.71. The van der Waals surface area contributed by atoms with E-state index in [1.54, 1.807) is 13.0 Å². The Morgan fingerprint density at radius 1 is 1.58 bits per heavy atom. The van der Waals surface area contributed by atoms with Crippen LogP contribution in [0.3, 0.4) is 0 Å². The molecule has 0 aliphatic carbocycles. The van der Waals surface area contributed by atoms with Gasteiger partial charge in [0.25, 0.3) is 0 Å². The van der Waals surface area contributed by atoms with Crippen LogP contribution in [0.15, 0.2) is 6.07 Å². The van der Waals surface area contributed by atoms with Crippen molar-refractivity contribution in [3.63, 3.8) is 0 Å². The van der Waals surface area contributed by atoms with Gasteiger partial charge in [-0.05, 0) is 27.2 Å². The van der Waals surface area contributed by atoms with Crippen LogP contribution >= 0.6 is 0 Å². The van der Waals surface area contributed by atoms with Gasteiger partial charge < -0.3 is 14.7 Å². The Bertz CT molecular complexity index is 478. The summed E-state index contributed by atoms with van der Waals surface area (Å²) in [6.07, 6.45) is 0.642. The molecule has 0 spiro atoms. The Labute approximate surface area is 112 Å². The fourth-order valence-corrected chi connectivity index (χ4v) is 2.49. The summed E-state index contributed by atoms with van der Waals surface area (Å²) in [5.74, 6) is 0.826. The van der Waals surface area contributed by atoms with Crippen molar-refractivity contribution < 1.29 is 14.6 Å². The van der Waals surface area contributed by atoms with Crippen molar-refractivity contribution in [1.82, 2.24) is 9.97 Å². The fraction of sp³-hybridized carbons (Fsp3) is 0.615. The first-order valence-electron chi connectivity index (χ1n) is 6.51. The van der Waals surface area contributed by atoms with Crippen LogP contribution in [0, 0.1) is 12.8 Å². The minimum Gasteiger partial charge on any atom is -0.481 e. The van der Waals surface area contributed by atoms with Gasteiger partial charge in [0.15, 0.2) is 0 Å². The highest BCUT2D eigenvalue weighted by molar-refractivity contribution is 5.72. The smallest absolute Gasteiger partial charge is 0.308 e. The number of carboxylic acids is 1. The molecule has 1 aromatic rings. The van der Waals surface area contributed by atoms with E-state index in [9.17, 15) is 4.79 Å². The zero-order valence-corrected chi connectivity index (χ0v) is 11.5. The minimum atomic E-state index is -0.745. The number of aryl methyl sites for hydroxylation is 1. The molecule has 2 atom stereocenters. The number of hydrogen-bond donors (Lipinski definition) is 1. The molecule has 1 N–H and O–H groups in total. The van der Waals surface area contributed by atoms with Crippen LogP contribution in [0.1, 0.15) is 26.1 Å². The SMILES string of the molecule is CCOc1cc(N2CCC(C(=O)O)C2C)nc(C)n1. The Kier molecular flexibility index (Phi) is 3.87. The standard InChI is InChI=1S/C13H19N3O3/c1-4-19-12-7-11(14-9(3)15-12)16-6-5-10(8(16)2)13(17)18/h7-8,10H,4-6H2,1-3H3,(H,17,18). The van der Waals surface area contributed by atoms with Crippen LogP contribution in [0.5, 0.6) is 5.88 Å². The average molecular weight is 265 g/mol. The molecule has 2 heterocycles.